The second kappa shape index (κ2) is 4.44. The Kier molecular flexibility index (Phi) is 2.78. The van der Waals surface area contributed by atoms with E-state index in [4.69, 9.17) is 0 Å². The first-order valence-corrected chi connectivity index (χ1v) is 6.44. The fraction of sp³-hybridized carbons (Fsp3) is 0.429. The fourth-order valence-corrected chi connectivity index (χ4v) is 1.99. The molecule has 0 spiro atoms. The number of hydrogen-bond donors (Lipinski definition) is 1. The maximum Gasteiger partial charge on any atom is 0.253 e. The molecule has 0 aromatic heterocycles. The molecule has 1 aliphatic carbocycles. The zero-order valence-electron chi connectivity index (χ0n) is 10.2. The number of nitrogens with zero attached hydrogens (tertiary/aromatic N) is 1. The van der Waals surface area contributed by atoms with Crippen LogP contribution in [0.1, 0.15) is 29.6 Å². The molecule has 2 fully saturated rings. The first-order valence-electron chi connectivity index (χ1n) is 6.44. The first kappa shape index (κ1) is 11.3. The smallest absolute Gasteiger partial charge is 0.253 e. The maximum atomic E-state index is 11.9. The van der Waals surface area contributed by atoms with Gasteiger partial charge in [-0.3, -0.25) is 9.59 Å². The SMILES string of the molecule is O=C(Nc1ccc(C(=O)N2CCC2)cc1)C1CC1. The molecule has 1 N–H and O–H groups in total. The molecule has 3 rings (SSSR count). The number of anilines is 1. The summed E-state index contributed by atoms with van der Waals surface area (Å²) in [6.07, 6.45) is 3.09. The number of carbonyl (C=O) groups excluding carboxylic acids is 2. The van der Waals surface area contributed by atoms with Crippen LogP contribution in [0.5, 0.6) is 0 Å². The minimum atomic E-state index is 0.0846. The number of likely N-dealkylation sites (tertiary alicyclic amines) is 1. The monoisotopic (exact) mass is 244 g/mol. The van der Waals surface area contributed by atoms with Crippen LogP contribution >= 0.6 is 0 Å². The normalized spacial score (nSPS) is 18.1. The number of amides is 2. The van der Waals surface area contributed by atoms with Gasteiger partial charge in [0.1, 0.15) is 0 Å². The van der Waals surface area contributed by atoms with E-state index in [1.165, 1.54) is 0 Å². The summed E-state index contributed by atoms with van der Waals surface area (Å²) in [7, 11) is 0. The lowest BCUT2D eigenvalue weighted by molar-refractivity contribution is -0.117. The van der Waals surface area contributed by atoms with Crippen LogP contribution in [-0.2, 0) is 4.79 Å². The molecule has 1 saturated carbocycles. The van der Waals surface area contributed by atoms with Crippen LogP contribution in [0.3, 0.4) is 0 Å². The van der Waals surface area contributed by atoms with Gasteiger partial charge in [0, 0.05) is 30.3 Å². The molecule has 0 bridgehead atoms. The maximum absolute atomic E-state index is 11.9. The Balaban J connectivity index is 1.64. The van der Waals surface area contributed by atoms with Crippen LogP contribution in [-0.4, -0.2) is 29.8 Å². The molecule has 2 aliphatic rings. The average molecular weight is 244 g/mol. The molecule has 2 amide bonds. The van der Waals surface area contributed by atoms with E-state index >= 15 is 0 Å². The van der Waals surface area contributed by atoms with Gasteiger partial charge in [0.2, 0.25) is 5.91 Å². The van der Waals surface area contributed by atoms with E-state index in [2.05, 4.69) is 5.32 Å². The molecule has 1 saturated heterocycles. The van der Waals surface area contributed by atoms with Crippen molar-refractivity contribution in [1.82, 2.24) is 4.90 Å². The van der Waals surface area contributed by atoms with Crippen LogP contribution in [0.4, 0.5) is 5.69 Å². The lowest BCUT2D eigenvalue weighted by atomic mass is 10.1. The lowest BCUT2D eigenvalue weighted by Crippen LogP contribution is -2.41. The van der Waals surface area contributed by atoms with Crippen LogP contribution in [0.2, 0.25) is 0 Å². The molecule has 4 nitrogen and oxygen atoms in total. The minimum absolute atomic E-state index is 0.0846. The minimum Gasteiger partial charge on any atom is -0.339 e. The molecule has 1 aromatic carbocycles. The highest BCUT2D eigenvalue weighted by molar-refractivity contribution is 5.97. The Morgan fingerprint density at radius 2 is 1.78 bits per heavy atom. The highest BCUT2D eigenvalue weighted by atomic mass is 16.2. The van der Waals surface area contributed by atoms with Crippen molar-refractivity contribution in [3.63, 3.8) is 0 Å². The fourth-order valence-electron chi connectivity index (χ4n) is 1.99. The molecule has 94 valence electrons. The number of rotatable bonds is 3. The van der Waals surface area contributed by atoms with Crippen molar-refractivity contribution in [2.75, 3.05) is 18.4 Å². The summed E-state index contributed by atoms with van der Waals surface area (Å²) in [6, 6.07) is 7.16. The molecule has 0 radical (unpaired) electrons. The third kappa shape index (κ3) is 2.23. The van der Waals surface area contributed by atoms with E-state index in [0.717, 1.165) is 38.0 Å². The van der Waals surface area contributed by atoms with E-state index in [9.17, 15) is 9.59 Å². The van der Waals surface area contributed by atoms with Crippen molar-refractivity contribution in [2.45, 2.75) is 19.3 Å². The quantitative estimate of drug-likeness (QED) is 0.882. The van der Waals surface area contributed by atoms with Gasteiger partial charge in [0.25, 0.3) is 5.91 Å². The van der Waals surface area contributed by atoms with Gasteiger partial charge >= 0.3 is 0 Å². The van der Waals surface area contributed by atoms with E-state index in [1.807, 2.05) is 4.90 Å². The van der Waals surface area contributed by atoms with Crippen molar-refractivity contribution >= 4 is 17.5 Å². The molecule has 0 unspecified atom stereocenters. The molecular weight excluding hydrogens is 228 g/mol. The largest absolute Gasteiger partial charge is 0.339 e. The van der Waals surface area contributed by atoms with Crippen LogP contribution in [0.15, 0.2) is 24.3 Å². The molecule has 1 heterocycles. The van der Waals surface area contributed by atoms with Crippen molar-refractivity contribution in [3.05, 3.63) is 29.8 Å². The molecule has 4 heteroatoms. The third-order valence-electron chi connectivity index (χ3n) is 3.49. The van der Waals surface area contributed by atoms with Gasteiger partial charge in [-0.15, -0.1) is 0 Å². The topological polar surface area (TPSA) is 49.4 Å². The third-order valence-corrected chi connectivity index (χ3v) is 3.49. The number of nitrogens with one attached hydrogen (secondary N) is 1. The van der Waals surface area contributed by atoms with Crippen molar-refractivity contribution in [1.29, 1.82) is 0 Å². The van der Waals surface area contributed by atoms with E-state index in [-0.39, 0.29) is 17.7 Å². The second-order valence-corrected chi connectivity index (χ2v) is 4.99. The Labute approximate surface area is 106 Å². The lowest BCUT2D eigenvalue weighted by Gasteiger charge is -2.30. The molecule has 0 atom stereocenters. The highest BCUT2D eigenvalue weighted by Crippen LogP contribution is 2.30. The Hall–Kier alpha value is -1.84. The predicted molar refractivity (Wildman–Crippen MR) is 68.3 cm³/mol. The number of carbonyl (C=O) groups is 2. The molecule has 18 heavy (non-hydrogen) atoms. The zero-order valence-corrected chi connectivity index (χ0v) is 10.2. The van der Waals surface area contributed by atoms with Gasteiger partial charge in [-0.25, -0.2) is 0 Å². The summed E-state index contributed by atoms with van der Waals surface area (Å²) in [6.45, 7) is 1.72. The summed E-state index contributed by atoms with van der Waals surface area (Å²) < 4.78 is 0. The predicted octanol–water partition coefficient (Wildman–Crippen LogP) is 1.88. The summed E-state index contributed by atoms with van der Waals surface area (Å²) >= 11 is 0. The standard InChI is InChI=1S/C14H16N2O2/c17-13(10-2-3-10)15-12-6-4-11(5-7-12)14(18)16-8-1-9-16/h4-7,10H,1-3,8-9H2,(H,15,17). The molecule has 1 aliphatic heterocycles. The summed E-state index contributed by atoms with van der Waals surface area (Å²) in [4.78, 5) is 25.3. The average Bonchev–Trinajstić information content (AvgIpc) is 3.11. The van der Waals surface area contributed by atoms with Crippen LogP contribution in [0, 0.1) is 5.92 Å². The number of hydrogen-bond acceptors (Lipinski definition) is 2. The Morgan fingerprint density at radius 3 is 2.28 bits per heavy atom. The Morgan fingerprint density at radius 1 is 1.11 bits per heavy atom. The first-order chi connectivity index (χ1) is 8.74. The van der Waals surface area contributed by atoms with E-state index in [0.29, 0.717) is 5.56 Å². The van der Waals surface area contributed by atoms with Gasteiger partial charge < -0.3 is 10.2 Å². The van der Waals surface area contributed by atoms with Gasteiger partial charge in [-0.2, -0.15) is 0 Å². The van der Waals surface area contributed by atoms with Gasteiger partial charge in [0.05, 0.1) is 0 Å². The van der Waals surface area contributed by atoms with Crippen LogP contribution < -0.4 is 5.32 Å². The van der Waals surface area contributed by atoms with E-state index in [1.54, 1.807) is 24.3 Å². The molecule has 1 aromatic rings. The van der Waals surface area contributed by atoms with Crippen molar-refractivity contribution in [3.8, 4) is 0 Å². The zero-order chi connectivity index (χ0) is 12.5. The molecular formula is C14H16N2O2. The van der Waals surface area contributed by atoms with Gasteiger partial charge in [-0.05, 0) is 43.5 Å². The van der Waals surface area contributed by atoms with Gasteiger partial charge in [-0.1, -0.05) is 0 Å². The highest BCUT2D eigenvalue weighted by Gasteiger charge is 2.29. The van der Waals surface area contributed by atoms with Gasteiger partial charge in [0.15, 0.2) is 0 Å². The van der Waals surface area contributed by atoms with Crippen molar-refractivity contribution in [2.24, 2.45) is 5.92 Å². The number of benzene rings is 1. The van der Waals surface area contributed by atoms with Crippen molar-refractivity contribution < 1.29 is 9.59 Å². The summed E-state index contributed by atoms with van der Waals surface area (Å²) in [5.74, 6) is 0.380. The summed E-state index contributed by atoms with van der Waals surface area (Å²) in [5.41, 5.74) is 1.46. The second-order valence-electron chi connectivity index (χ2n) is 4.99. The Bertz CT molecular complexity index is 473. The van der Waals surface area contributed by atoms with E-state index < -0.39 is 0 Å². The van der Waals surface area contributed by atoms with Crippen LogP contribution in [0.25, 0.3) is 0 Å². The summed E-state index contributed by atoms with van der Waals surface area (Å²) in [5, 5.41) is 2.86.